The Hall–Kier alpha value is -10.0. The second-order valence-electron chi connectivity index (χ2n) is 30.2. The molecule has 0 saturated carbocycles. The van der Waals surface area contributed by atoms with E-state index < -0.39 is 148 Å². The predicted molar refractivity (Wildman–Crippen MR) is 476 cm³/mol. The van der Waals surface area contributed by atoms with E-state index in [4.69, 9.17) is 40.2 Å². The number of nitrogens with one attached hydrogen (secondary N) is 3. The van der Waals surface area contributed by atoms with E-state index in [0.29, 0.717) is 53.4 Å². The van der Waals surface area contributed by atoms with Crippen LogP contribution in [0.3, 0.4) is 0 Å². The summed E-state index contributed by atoms with van der Waals surface area (Å²) >= 11 is 5.34. The van der Waals surface area contributed by atoms with Crippen molar-refractivity contribution >= 4 is 134 Å². The number of hydrogen-bond donors (Lipinski definition) is 6. The van der Waals surface area contributed by atoms with Crippen LogP contribution in [0.25, 0.3) is 0 Å². The minimum atomic E-state index is -1.47. The molecule has 0 fully saturated rings. The van der Waals surface area contributed by atoms with Gasteiger partial charge in [-0.2, -0.15) is 11.8 Å². The van der Waals surface area contributed by atoms with Crippen LogP contribution in [0.15, 0.2) is 111 Å². The first-order valence-electron chi connectivity index (χ1n) is 42.1. The van der Waals surface area contributed by atoms with E-state index in [1.807, 2.05) is 51.5 Å². The molecule has 125 heavy (non-hydrogen) atoms. The average Bonchev–Trinajstić information content (AvgIpc) is 0.978. The van der Waals surface area contributed by atoms with Crippen molar-refractivity contribution in [2.24, 2.45) is 17.2 Å². The van der Waals surface area contributed by atoms with Gasteiger partial charge in [0.25, 0.3) is 0 Å². The number of furan rings is 2. The first-order chi connectivity index (χ1) is 60.1. The highest BCUT2D eigenvalue weighted by molar-refractivity contribution is 7.98. The van der Waals surface area contributed by atoms with Crippen molar-refractivity contribution in [1.29, 1.82) is 0 Å². The number of amides is 13. The van der Waals surface area contributed by atoms with Gasteiger partial charge >= 0.3 is 0 Å². The molecular weight excluding hydrogens is 1690 g/mol. The SMILES string of the molecule is C=CCN(CC(=O)N(CC(=O)N(CCCCN)CC(=O)N(CCCCN)CC(=O)N(CCOC)CC(=O)NC(CCSC)C(N)=O)Cc1ccco1)C(=O)C(CCCCNC(=O)CN(CCCOC(C)C)C(=O)CN(Cc1cccs1)C(=O)CCC(=O)c1cccs1)NC(=O)CN(CCCOC(C)C)C(=O)CN(Cc1ccco1)C(=O)CCC(=O)c1cccs1. The molecular formula is C86H127N15O20S4. The van der Waals surface area contributed by atoms with Gasteiger partial charge in [0.1, 0.15) is 49.8 Å². The maximum Gasteiger partial charge on any atom is 0.245 e. The maximum absolute atomic E-state index is 15.5. The molecule has 2 atom stereocenters. The summed E-state index contributed by atoms with van der Waals surface area (Å²) in [4.78, 5) is 226. The molecule has 0 aliphatic heterocycles. The molecule has 690 valence electrons. The molecule has 0 spiro atoms. The van der Waals surface area contributed by atoms with Crippen LogP contribution < -0.4 is 33.2 Å². The van der Waals surface area contributed by atoms with E-state index >= 15 is 14.4 Å². The topological polar surface area (TPSA) is 453 Å². The summed E-state index contributed by atoms with van der Waals surface area (Å²) in [6.07, 6.45) is 7.43. The van der Waals surface area contributed by atoms with Crippen molar-refractivity contribution in [3.8, 4) is 0 Å². The third-order valence-corrected chi connectivity index (χ3v) is 22.8. The van der Waals surface area contributed by atoms with Gasteiger partial charge in [-0.3, -0.25) is 71.9 Å². The Morgan fingerprint density at radius 2 is 0.880 bits per heavy atom. The first-order valence-corrected chi connectivity index (χ1v) is 46.2. The molecule has 0 aromatic carbocycles. The zero-order chi connectivity index (χ0) is 91.4. The third kappa shape index (κ3) is 41.3. The molecule has 0 saturated heterocycles. The van der Waals surface area contributed by atoms with E-state index in [2.05, 4.69) is 22.5 Å². The van der Waals surface area contributed by atoms with E-state index in [1.165, 1.54) is 106 Å². The largest absolute Gasteiger partial charge is 0.467 e. The van der Waals surface area contributed by atoms with Crippen LogP contribution in [0.1, 0.15) is 153 Å². The number of methoxy groups -OCH3 is 1. The standard InChI is InChI=1S/C86H127N15O20S4/c1-8-36-98(59-84(114)100(52-66-23-16-43-121-66)61-83(113)96(38-14-11-34-88)57-79(109)95(37-13-10-33-87)58-80(110)97(41-46-117-6)56-75(105)91-68(85(89)115)32-50-122-7)86(116)69(92-76(106)55-94(40-21-45-119-64(4)5)81(111)60-99(51-65-22-15-42-120-65)77(107)30-28-70(102)72-26-18-48-124-72)25-9-12-35-90-74(104)54-93(39-20-44-118-63(2)3)82(112)62-101(53-67-24-17-47-123-67)78(108)31-29-71(103)73-27-19-49-125-73/h8,15-19,22-24,26-27,42-43,47-49,63-64,68-69H,1,9-14,20-21,25,28-41,44-46,50-62,87-88H2,2-7H3,(H2,89,115)(H,90,104)(H,91,105)(H,92,106). The van der Waals surface area contributed by atoms with Gasteiger partial charge in [0.15, 0.2) is 11.6 Å². The van der Waals surface area contributed by atoms with Crippen LogP contribution in [-0.4, -0.2) is 313 Å². The average molecular weight is 1820 g/mol. The molecule has 5 aromatic rings. The fraction of sp³-hybridized carbons (Fsp3) is 0.570. The molecule has 0 aliphatic carbocycles. The maximum atomic E-state index is 15.5. The molecule has 13 amide bonds. The lowest BCUT2D eigenvalue weighted by Gasteiger charge is -2.32. The number of carbonyl (C=O) groups is 15. The second kappa shape index (κ2) is 59.8. The lowest BCUT2D eigenvalue weighted by molar-refractivity contribution is -0.148. The Labute approximate surface area is 748 Å². The number of hydrogen-bond acceptors (Lipinski definition) is 26. The van der Waals surface area contributed by atoms with E-state index in [9.17, 15) is 57.5 Å². The Kier molecular flexibility index (Phi) is 50.5. The summed E-state index contributed by atoms with van der Waals surface area (Å²) in [5.74, 6) is -8.10. The Morgan fingerprint density at radius 1 is 0.456 bits per heavy atom. The van der Waals surface area contributed by atoms with Crippen molar-refractivity contribution in [3.05, 3.63) is 128 Å². The smallest absolute Gasteiger partial charge is 0.245 e. The predicted octanol–water partition coefficient (Wildman–Crippen LogP) is 5.18. The number of ether oxygens (including phenoxy) is 3. The van der Waals surface area contributed by atoms with Gasteiger partial charge in [-0.1, -0.05) is 24.3 Å². The fourth-order valence-corrected chi connectivity index (χ4v) is 15.4. The summed E-state index contributed by atoms with van der Waals surface area (Å²) in [6.45, 7) is 6.19. The highest BCUT2D eigenvalue weighted by Gasteiger charge is 2.35. The Bertz CT molecular complexity index is 4120. The van der Waals surface area contributed by atoms with Crippen molar-refractivity contribution in [3.63, 3.8) is 0 Å². The molecule has 2 unspecified atom stereocenters. The molecule has 0 radical (unpaired) electrons. The lowest BCUT2D eigenvalue weighted by atomic mass is 10.1. The van der Waals surface area contributed by atoms with Crippen LogP contribution in [0.5, 0.6) is 0 Å². The number of thioether (sulfide) groups is 1. The number of nitrogens with two attached hydrogens (primary N) is 3. The number of unbranched alkanes of at least 4 members (excludes halogenated alkanes) is 3. The molecule has 5 rings (SSSR count). The summed E-state index contributed by atoms with van der Waals surface area (Å²) < 4.78 is 28.2. The van der Waals surface area contributed by atoms with Gasteiger partial charge in [-0.25, -0.2) is 0 Å². The molecule has 39 heteroatoms. The van der Waals surface area contributed by atoms with Gasteiger partial charge in [0.05, 0.1) is 93.5 Å². The number of ketones is 2. The summed E-state index contributed by atoms with van der Waals surface area (Å²) in [5, 5.41) is 13.6. The first kappa shape index (κ1) is 106. The molecule has 35 nitrogen and oxygen atoms in total. The number of thiophene rings is 3. The number of carbonyl (C=O) groups excluding carboxylic acids is 15. The van der Waals surface area contributed by atoms with E-state index in [1.54, 1.807) is 59.3 Å². The monoisotopic (exact) mass is 1820 g/mol. The van der Waals surface area contributed by atoms with Crippen LogP contribution in [0.4, 0.5) is 0 Å². The van der Waals surface area contributed by atoms with Crippen molar-refractivity contribution in [2.45, 2.75) is 162 Å². The van der Waals surface area contributed by atoms with Crippen LogP contribution >= 0.6 is 45.8 Å². The van der Waals surface area contributed by atoms with Crippen molar-refractivity contribution in [1.82, 2.24) is 60.0 Å². The van der Waals surface area contributed by atoms with Gasteiger partial charge in [0, 0.05) is 96.7 Å². The Balaban J connectivity index is 1.46. The Morgan fingerprint density at radius 3 is 1.30 bits per heavy atom. The normalized spacial score (nSPS) is 11.6. The number of primary amides is 1. The van der Waals surface area contributed by atoms with E-state index in [-0.39, 0.29) is 186 Å². The minimum Gasteiger partial charge on any atom is -0.467 e. The van der Waals surface area contributed by atoms with Gasteiger partial charge < -0.3 is 100 Å². The van der Waals surface area contributed by atoms with E-state index in [0.717, 1.165) is 14.7 Å². The highest BCUT2D eigenvalue weighted by atomic mass is 32.2. The van der Waals surface area contributed by atoms with Crippen LogP contribution in [-0.2, 0) is 96.2 Å². The summed E-state index contributed by atoms with van der Waals surface area (Å²) in [6, 6.07) is 14.3. The lowest BCUT2D eigenvalue weighted by Crippen LogP contribution is -2.54. The summed E-state index contributed by atoms with van der Waals surface area (Å²) in [7, 11) is 1.41. The molecule has 5 aromatic heterocycles. The fourth-order valence-electron chi connectivity index (χ4n) is 12.8. The van der Waals surface area contributed by atoms with Gasteiger partial charge in [-0.05, 0) is 176 Å². The van der Waals surface area contributed by atoms with Crippen LogP contribution in [0, 0.1) is 0 Å². The van der Waals surface area contributed by atoms with Crippen molar-refractivity contribution < 1.29 is 95.0 Å². The van der Waals surface area contributed by atoms with Gasteiger partial charge in [0.2, 0.25) is 76.8 Å². The number of nitrogens with zero attached hydrogens (tertiary/aromatic N) is 9. The molecule has 0 bridgehead atoms. The number of rotatable bonds is 67. The number of Topliss-reactive ketones (excluding diaryl/α,β-unsaturated/α-hetero) is 2. The minimum absolute atomic E-state index is 0.00353. The molecule has 9 N–H and O–H groups in total. The second-order valence-corrected chi connectivity index (χ2v) is 34.1. The highest BCUT2D eigenvalue weighted by Crippen LogP contribution is 2.21. The quantitative estimate of drug-likeness (QED) is 0.0166. The third-order valence-electron chi connectivity index (χ3n) is 19.5. The molecule has 0 aliphatic rings. The van der Waals surface area contributed by atoms with Gasteiger partial charge in [-0.15, -0.1) is 40.6 Å². The summed E-state index contributed by atoms with van der Waals surface area (Å²) in [5.41, 5.74) is 17.4. The van der Waals surface area contributed by atoms with Crippen LogP contribution in [0.2, 0.25) is 0 Å². The zero-order valence-corrected chi connectivity index (χ0v) is 76.2. The zero-order valence-electron chi connectivity index (χ0n) is 72.9. The van der Waals surface area contributed by atoms with Crippen molar-refractivity contribution in [2.75, 3.05) is 157 Å². The molecule has 5 heterocycles.